The van der Waals surface area contributed by atoms with Crippen LogP contribution in [-0.2, 0) is 9.53 Å². The molecule has 3 rings (SSSR count). The molecular weight excluding hydrogens is 370 g/mol. The Hall–Kier alpha value is -2.60. The maximum absolute atomic E-state index is 12.0. The van der Waals surface area contributed by atoms with Crippen LogP contribution in [0.3, 0.4) is 0 Å². The standard InChI is InChI=1S/C22H25N3O2S/c1-14(2)18-8-6-7-9-19(18)25-20(17-12-10-15(3)11-13-17)23-24-22(25)28-16(4)21(26)27-5/h6-14,16H,1-5H3/t16-/m0/s1. The van der Waals surface area contributed by atoms with Gasteiger partial charge in [-0.1, -0.05) is 73.6 Å². The number of aromatic nitrogens is 3. The lowest BCUT2D eigenvalue weighted by molar-refractivity contribution is -0.139. The molecule has 1 heterocycles. The summed E-state index contributed by atoms with van der Waals surface area (Å²) in [6.45, 7) is 8.20. The molecule has 0 unspecified atom stereocenters. The van der Waals surface area contributed by atoms with E-state index in [2.05, 4.69) is 55.2 Å². The molecule has 0 radical (unpaired) electrons. The first-order chi connectivity index (χ1) is 13.4. The van der Waals surface area contributed by atoms with Crippen LogP contribution in [0.1, 0.15) is 37.8 Å². The number of carbonyl (C=O) groups is 1. The zero-order valence-corrected chi connectivity index (χ0v) is 17.7. The molecule has 0 aliphatic heterocycles. The molecule has 2 aromatic carbocycles. The van der Waals surface area contributed by atoms with E-state index >= 15 is 0 Å². The van der Waals surface area contributed by atoms with Crippen molar-refractivity contribution >= 4 is 17.7 Å². The maximum Gasteiger partial charge on any atom is 0.318 e. The Morgan fingerprint density at radius 1 is 1.04 bits per heavy atom. The second kappa shape index (κ2) is 8.61. The second-order valence-electron chi connectivity index (χ2n) is 7.00. The number of thioether (sulfide) groups is 1. The largest absolute Gasteiger partial charge is 0.468 e. The van der Waals surface area contributed by atoms with Crippen molar-refractivity contribution in [3.05, 3.63) is 59.7 Å². The first kappa shape index (κ1) is 20.1. The number of rotatable bonds is 6. The molecule has 0 fully saturated rings. The van der Waals surface area contributed by atoms with E-state index in [1.54, 1.807) is 0 Å². The lowest BCUT2D eigenvalue weighted by Crippen LogP contribution is -2.16. The SMILES string of the molecule is COC(=O)[C@H](C)Sc1nnc(-c2ccc(C)cc2)n1-c1ccccc1C(C)C. The molecule has 5 nitrogen and oxygen atoms in total. The van der Waals surface area contributed by atoms with Gasteiger partial charge in [0.05, 0.1) is 12.8 Å². The molecule has 0 saturated heterocycles. The van der Waals surface area contributed by atoms with E-state index in [-0.39, 0.29) is 11.2 Å². The van der Waals surface area contributed by atoms with Gasteiger partial charge in [-0.25, -0.2) is 0 Å². The summed E-state index contributed by atoms with van der Waals surface area (Å²) in [5, 5.41) is 9.17. The van der Waals surface area contributed by atoms with Crippen LogP contribution >= 0.6 is 11.8 Å². The number of methoxy groups -OCH3 is 1. The van der Waals surface area contributed by atoms with Crippen molar-refractivity contribution in [1.29, 1.82) is 0 Å². The quantitative estimate of drug-likeness (QED) is 0.433. The minimum atomic E-state index is -0.384. The van der Waals surface area contributed by atoms with Crippen LogP contribution in [0.4, 0.5) is 0 Å². The fourth-order valence-corrected chi connectivity index (χ4v) is 3.89. The Bertz CT molecular complexity index is 964. The van der Waals surface area contributed by atoms with Crippen molar-refractivity contribution in [2.45, 2.75) is 44.0 Å². The molecule has 0 aliphatic rings. The van der Waals surface area contributed by atoms with Gasteiger partial charge in [-0.15, -0.1) is 10.2 Å². The van der Waals surface area contributed by atoms with Gasteiger partial charge in [0.1, 0.15) is 5.25 Å². The maximum atomic E-state index is 12.0. The van der Waals surface area contributed by atoms with Gasteiger partial charge in [0.15, 0.2) is 11.0 Å². The highest BCUT2D eigenvalue weighted by molar-refractivity contribution is 8.00. The number of hydrogen-bond donors (Lipinski definition) is 0. The average molecular weight is 396 g/mol. The monoisotopic (exact) mass is 395 g/mol. The van der Waals surface area contributed by atoms with Crippen molar-refractivity contribution in [2.24, 2.45) is 0 Å². The number of carbonyl (C=O) groups excluding carboxylic acids is 1. The van der Waals surface area contributed by atoms with E-state index in [1.807, 2.05) is 35.8 Å². The molecule has 1 aromatic heterocycles. The van der Waals surface area contributed by atoms with Gasteiger partial charge in [-0.3, -0.25) is 9.36 Å². The Morgan fingerprint density at radius 3 is 2.36 bits per heavy atom. The highest BCUT2D eigenvalue weighted by Gasteiger charge is 2.23. The Kier molecular flexibility index (Phi) is 6.19. The van der Waals surface area contributed by atoms with Gasteiger partial charge in [0.25, 0.3) is 0 Å². The molecule has 1 atom stereocenters. The Balaban J connectivity index is 2.17. The van der Waals surface area contributed by atoms with Gasteiger partial charge in [-0.2, -0.15) is 0 Å². The van der Waals surface area contributed by atoms with Crippen LogP contribution in [-0.4, -0.2) is 33.1 Å². The van der Waals surface area contributed by atoms with E-state index in [0.29, 0.717) is 11.1 Å². The number of nitrogens with zero attached hydrogens (tertiary/aromatic N) is 3. The molecule has 0 N–H and O–H groups in total. The Labute approximate surface area is 170 Å². The van der Waals surface area contributed by atoms with Crippen LogP contribution in [0.15, 0.2) is 53.7 Å². The van der Waals surface area contributed by atoms with Gasteiger partial charge >= 0.3 is 5.97 Å². The lowest BCUT2D eigenvalue weighted by atomic mass is 10.0. The average Bonchev–Trinajstić information content (AvgIpc) is 3.11. The van der Waals surface area contributed by atoms with E-state index < -0.39 is 0 Å². The molecular formula is C22H25N3O2S. The summed E-state index contributed by atoms with van der Waals surface area (Å²) in [6.07, 6.45) is 0. The molecule has 6 heteroatoms. The van der Waals surface area contributed by atoms with Crippen molar-refractivity contribution in [2.75, 3.05) is 7.11 Å². The summed E-state index contributed by atoms with van der Waals surface area (Å²) < 4.78 is 6.92. The van der Waals surface area contributed by atoms with Crippen LogP contribution in [0.25, 0.3) is 17.1 Å². The molecule has 3 aromatic rings. The predicted octanol–water partition coefficient (Wildman–Crippen LogP) is 5.02. The number of benzene rings is 2. The highest BCUT2D eigenvalue weighted by atomic mass is 32.2. The molecule has 0 amide bonds. The van der Waals surface area contributed by atoms with Crippen LogP contribution in [0.5, 0.6) is 0 Å². The van der Waals surface area contributed by atoms with Gasteiger partial charge < -0.3 is 4.74 Å². The predicted molar refractivity (Wildman–Crippen MR) is 113 cm³/mol. The van der Waals surface area contributed by atoms with Crippen LogP contribution in [0.2, 0.25) is 0 Å². The smallest absolute Gasteiger partial charge is 0.318 e. The summed E-state index contributed by atoms with van der Waals surface area (Å²) in [6, 6.07) is 16.5. The summed E-state index contributed by atoms with van der Waals surface area (Å²) >= 11 is 1.35. The number of ether oxygens (including phenoxy) is 1. The number of para-hydroxylation sites is 1. The van der Waals surface area contributed by atoms with Crippen molar-refractivity contribution in [3.8, 4) is 17.1 Å². The molecule has 0 aliphatic carbocycles. The number of aryl methyl sites for hydroxylation is 1. The van der Waals surface area contributed by atoms with Gasteiger partial charge in [0, 0.05) is 5.56 Å². The van der Waals surface area contributed by atoms with Crippen molar-refractivity contribution in [1.82, 2.24) is 14.8 Å². The summed E-state index contributed by atoms with van der Waals surface area (Å²) in [5.41, 5.74) is 4.39. The van der Waals surface area contributed by atoms with E-state index in [4.69, 9.17) is 4.74 Å². The third kappa shape index (κ3) is 4.12. The van der Waals surface area contributed by atoms with E-state index in [9.17, 15) is 4.79 Å². The highest BCUT2D eigenvalue weighted by Crippen LogP contribution is 2.33. The van der Waals surface area contributed by atoms with Crippen molar-refractivity contribution < 1.29 is 9.53 Å². The third-order valence-corrected chi connectivity index (χ3v) is 5.58. The molecule has 0 bridgehead atoms. The lowest BCUT2D eigenvalue weighted by Gasteiger charge is -2.17. The third-order valence-electron chi connectivity index (χ3n) is 4.56. The molecule has 0 spiro atoms. The first-order valence-corrected chi connectivity index (χ1v) is 10.2. The molecule has 28 heavy (non-hydrogen) atoms. The normalized spacial score (nSPS) is 12.2. The summed E-state index contributed by atoms with van der Waals surface area (Å²) in [4.78, 5) is 12.0. The van der Waals surface area contributed by atoms with E-state index in [1.165, 1.54) is 30.0 Å². The summed E-state index contributed by atoms with van der Waals surface area (Å²) in [5.74, 6) is 0.807. The second-order valence-corrected chi connectivity index (χ2v) is 8.31. The fourth-order valence-electron chi connectivity index (χ4n) is 3.00. The number of hydrogen-bond acceptors (Lipinski definition) is 5. The topological polar surface area (TPSA) is 57.0 Å². The summed E-state index contributed by atoms with van der Waals surface area (Å²) in [7, 11) is 1.40. The zero-order valence-electron chi connectivity index (χ0n) is 16.8. The fraction of sp³-hybridized carbons (Fsp3) is 0.318. The van der Waals surface area contributed by atoms with Gasteiger partial charge in [-0.05, 0) is 31.4 Å². The molecule has 146 valence electrons. The first-order valence-electron chi connectivity index (χ1n) is 9.28. The minimum absolute atomic E-state index is 0.284. The Morgan fingerprint density at radius 2 is 1.71 bits per heavy atom. The number of esters is 1. The zero-order chi connectivity index (χ0) is 20.3. The molecule has 0 saturated carbocycles. The minimum Gasteiger partial charge on any atom is -0.468 e. The van der Waals surface area contributed by atoms with E-state index in [0.717, 1.165) is 17.1 Å². The van der Waals surface area contributed by atoms with Gasteiger partial charge in [0.2, 0.25) is 0 Å². The van der Waals surface area contributed by atoms with Crippen LogP contribution in [0, 0.1) is 6.92 Å². The van der Waals surface area contributed by atoms with Crippen LogP contribution < -0.4 is 0 Å². The van der Waals surface area contributed by atoms with Crippen molar-refractivity contribution in [3.63, 3.8) is 0 Å².